The van der Waals surface area contributed by atoms with E-state index in [1.807, 2.05) is 0 Å². The molecule has 1 aromatic rings. The molecule has 14 heavy (non-hydrogen) atoms. The molecular formula is C10H13NO3. The van der Waals surface area contributed by atoms with Crippen molar-refractivity contribution in [2.45, 2.75) is 6.42 Å². The van der Waals surface area contributed by atoms with Gasteiger partial charge in [0.05, 0.1) is 7.11 Å². The van der Waals surface area contributed by atoms with E-state index in [0.29, 0.717) is 30.2 Å². The molecule has 0 spiro atoms. The van der Waals surface area contributed by atoms with Crippen LogP contribution in [0.3, 0.4) is 0 Å². The molecule has 0 aromatic heterocycles. The number of fused-ring (bicyclic) bond motifs is 1. The molecule has 1 heterocycles. The Morgan fingerprint density at radius 1 is 1.50 bits per heavy atom. The zero-order valence-electron chi connectivity index (χ0n) is 9.87. The molecule has 2 rings (SSSR count). The summed E-state index contributed by atoms with van der Waals surface area (Å²) in [6.07, 6.45) is 0.642. The third kappa shape index (κ3) is 1.48. The molecule has 1 aliphatic rings. The van der Waals surface area contributed by atoms with Crippen LogP contribution in [0.15, 0.2) is 12.1 Å². The van der Waals surface area contributed by atoms with E-state index in [0.717, 1.165) is 5.56 Å². The molecule has 0 unspecified atom stereocenters. The summed E-state index contributed by atoms with van der Waals surface area (Å²) in [5, 5.41) is 0. The van der Waals surface area contributed by atoms with Crippen molar-refractivity contribution < 1.29 is 17.0 Å². The predicted molar refractivity (Wildman–Crippen MR) is 51.9 cm³/mol. The Morgan fingerprint density at radius 2 is 2.21 bits per heavy atom. The first-order chi connectivity index (χ1) is 7.55. The van der Waals surface area contributed by atoms with E-state index in [9.17, 15) is 0 Å². The van der Waals surface area contributed by atoms with Crippen LogP contribution >= 0.6 is 0 Å². The van der Waals surface area contributed by atoms with Crippen molar-refractivity contribution in [1.29, 1.82) is 0 Å². The van der Waals surface area contributed by atoms with Crippen LogP contribution in [-0.2, 0) is 6.42 Å². The second-order valence-electron chi connectivity index (χ2n) is 2.94. The van der Waals surface area contributed by atoms with E-state index in [1.54, 1.807) is 19.2 Å². The summed E-state index contributed by atoms with van der Waals surface area (Å²) in [6, 6.07) is 3.32. The molecule has 0 saturated heterocycles. The van der Waals surface area contributed by atoms with Crippen LogP contribution in [0.2, 0.25) is 0 Å². The fourth-order valence-corrected chi connectivity index (χ4v) is 1.39. The van der Waals surface area contributed by atoms with Crippen molar-refractivity contribution in [3.63, 3.8) is 0 Å². The standard InChI is InChI=1S/C10H13NO3/c1-12-8-5-10-9(13-6-14-10)4-7(8)2-3-11/h4-5H,2-3,6,11H2,1H3/i6D2. The summed E-state index contributed by atoms with van der Waals surface area (Å²) in [4.78, 5) is 0. The van der Waals surface area contributed by atoms with Crippen molar-refractivity contribution in [2.75, 3.05) is 20.4 Å². The maximum Gasteiger partial charge on any atom is 0.231 e. The quantitative estimate of drug-likeness (QED) is 0.783. The van der Waals surface area contributed by atoms with Crippen molar-refractivity contribution in [3.05, 3.63) is 17.7 Å². The first kappa shape index (κ1) is 6.95. The summed E-state index contributed by atoms with van der Waals surface area (Å²) in [6.45, 7) is -1.61. The fourth-order valence-electron chi connectivity index (χ4n) is 1.39. The van der Waals surface area contributed by atoms with Gasteiger partial charge in [-0.2, -0.15) is 0 Å². The summed E-state index contributed by atoms with van der Waals surface area (Å²) in [7, 11) is 1.55. The van der Waals surface area contributed by atoms with E-state index < -0.39 is 6.75 Å². The fraction of sp³-hybridized carbons (Fsp3) is 0.400. The Kier molecular flexibility index (Phi) is 1.86. The number of benzene rings is 1. The van der Waals surface area contributed by atoms with E-state index in [-0.39, 0.29) is 0 Å². The first-order valence-electron chi connectivity index (χ1n) is 5.35. The van der Waals surface area contributed by atoms with Gasteiger partial charge in [0.15, 0.2) is 11.5 Å². The van der Waals surface area contributed by atoms with Crippen molar-refractivity contribution >= 4 is 0 Å². The number of nitrogens with two attached hydrogens (primary N) is 1. The van der Waals surface area contributed by atoms with Gasteiger partial charge in [-0.3, -0.25) is 0 Å². The zero-order valence-corrected chi connectivity index (χ0v) is 7.87. The monoisotopic (exact) mass is 197 g/mol. The average Bonchev–Trinajstić information content (AvgIpc) is 2.50. The van der Waals surface area contributed by atoms with Gasteiger partial charge in [-0.15, -0.1) is 0 Å². The SMILES string of the molecule is [2H]C1([2H])Oc2cc(CCN)c(OC)cc2O1. The van der Waals surface area contributed by atoms with E-state index in [1.165, 1.54) is 0 Å². The molecule has 0 amide bonds. The van der Waals surface area contributed by atoms with Gasteiger partial charge in [-0.1, -0.05) is 0 Å². The molecule has 1 aromatic carbocycles. The highest BCUT2D eigenvalue weighted by molar-refractivity contribution is 5.51. The second kappa shape index (κ2) is 3.75. The third-order valence-electron chi connectivity index (χ3n) is 2.06. The van der Waals surface area contributed by atoms with Gasteiger partial charge in [0.25, 0.3) is 0 Å². The van der Waals surface area contributed by atoms with Gasteiger partial charge in [-0.05, 0) is 24.6 Å². The molecule has 0 saturated carbocycles. The van der Waals surface area contributed by atoms with E-state index in [4.69, 9.17) is 22.7 Å². The van der Waals surface area contributed by atoms with Crippen LogP contribution < -0.4 is 19.9 Å². The largest absolute Gasteiger partial charge is 0.496 e. The van der Waals surface area contributed by atoms with Crippen molar-refractivity contribution in [2.24, 2.45) is 5.73 Å². The van der Waals surface area contributed by atoms with Gasteiger partial charge in [0, 0.05) is 6.07 Å². The van der Waals surface area contributed by atoms with E-state index >= 15 is 0 Å². The number of ether oxygens (including phenoxy) is 3. The van der Waals surface area contributed by atoms with Gasteiger partial charge in [0.2, 0.25) is 6.75 Å². The van der Waals surface area contributed by atoms with Crippen LogP contribution in [-0.4, -0.2) is 20.4 Å². The lowest BCUT2D eigenvalue weighted by Crippen LogP contribution is -2.04. The number of hydrogen-bond donors (Lipinski definition) is 1. The van der Waals surface area contributed by atoms with Crippen LogP contribution in [0.5, 0.6) is 17.2 Å². The summed E-state index contributed by atoms with van der Waals surface area (Å²) < 4.78 is 29.8. The summed E-state index contributed by atoms with van der Waals surface area (Å²) in [5.41, 5.74) is 6.36. The second-order valence-corrected chi connectivity index (χ2v) is 2.94. The first-order valence-corrected chi connectivity index (χ1v) is 4.35. The minimum atomic E-state index is -2.10. The Labute approximate surface area is 85.4 Å². The normalized spacial score (nSPS) is 18.7. The highest BCUT2D eigenvalue weighted by atomic mass is 16.7. The van der Waals surface area contributed by atoms with Gasteiger partial charge < -0.3 is 19.9 Å². The Bertz CT molecular complexity index is 409. The molecule has 0 radical (unpaired) electrons. The highest BCUT2D eigenvalue weighted by Gasteiger charge is 2.17. The molecule has 2 N–H and O–H groups in total. The van der Waals surface area contributed by atoms with Gasteiger partial charge in [0.1, 0.15) is 8.49 Å². The predicted octanol–water partition coefficient (Wildman–Crippen LogP) is 0.925. The van der Waals surface area contributed by atoms with Crippen molar-refractivity contribution in [1.82, 2.24) is 0 Å². The lowest BCUT2D eigenvalue weighted by atomic mass is 10.1. The molecule has 0 aliphatic carbocycles. The minimum absolute atomic E-state index is 0.350. The molecule has 76 valence electrons. The Morgan fingerprint density at radius 3 is 2.86 bits per heavy atom. The van der Waals surface area contributed by atoms with Crippen LogP contribution in [0.1, 0.15) is 8.30 Å². The molecule has 1 aliphatic heterocycles. The van der Waals surface area contributed by atoms with Crippen molar-refractivity contribution in [3.8, 4) is 17.2 Å². The van der Waals surface area contributed by atoms with E-state index in [2.05, 4.69) is 0 Å². The summed E-state index contributed by atoms with van der Waals surface area (Å²) >= 11 is 0. The summed E-state index contributed by atoms with van der Waals surface area (Å²) in [5.74, 6) is 1.36. The Hall–Kier alpha value is -1.42. The lowest BCUT2D eigenvalue weighted by molar-refractivity contribution is 0.174. The number of rotatable bonds is 3. The molecule has 4 nitrogen and oxygen atoms in total. The molecule has 0 atom stereocenters. The van der Waals surface area contributed by atoms with Gasteiger partial charge in [-0.25, -0.2) is 0 Å². The Balaban J connectivity index is 2.38. The number of methoxy groups -OCH3 is 1. The van der Waals surface area contributed by atoms with Gasteiger partial charge >= 0.3 is 0 Å². The molecule has 4 heteroatoms. The third-order valence-corrected chi connectivity index (χ3v) is 2.06. The molecular weight excluding hydrogens is 182 g/mol. The zero-order chi connectivity index (χ0) is 11.8. The molecule has 0 fully saturated rings. The van der Waals surface area contributed by atoms with Crippen LogP contribution in [0.4, 0.5) is 0 Å². The topological polar surface area (TPSA) is 53.7 Å². The lowest BCUT2D eigenvalue weighted by Gasteiger charge is -2.08. The maximum atomic E-state index is 7.33. The maximum absolute atomic E-state index is 7.33. The highest BCUT2D eigenvalue weighted by Crippen LogP contribution is 2.38. The minimum Gasteiger partial charge on any atom is -0.496 e. The van der Waals surface area contributed by atoms with Crippen LogP contribution in [0.25, 0.3) is 0 Å². The molecule has 0 bridgehead atoms. The number of hydrogen-bond acceptors (Lipinski definition) is 4. The smallest absolute Gasteiger partial charge is 0.231 e. The van der Waals surface area contributed by atoms with Crippen LogP contribution in [0, 0.1) is 0 Å². The average molecular weight is 197 g/mol.